The first kappa shape index (κ1) is 16.6. The van der Waals surface area contributed by atoms with Crippen molar-refractivity contribution in [1.29, 1.82) is 0 Å². The van der Waals surface area contributed by atoms with Gasteiger partial charge in [0.15, 0.2) is 9.84 Å². The lowest BCUT2D eigenvalue weighted by molar-refractivity contribution is -0.140. The Morgan fingerprint density at radius 2 is 1.90 bits per heavy atom. The number of carbonyl (C=O) groups excluding carboxylic acids is 1. The summed E-state index contributed by atoms with van der Waals surface area (Å²) in [6, 6.07) is 5.48. The molecule has 0 heterocycles. The average Bonchev–Trinajstić information content (AvgIpc) is 2.41. The predicted molar refractivity (Wildman–Crippen MR) is 74.5 cm³/mol. The van der Waals surface area contributed by atoms with Gasteiger partial charge in [-0.1, -0.05) is 19.1 Å². The van der Waals surface area contributed by atoms with Crippen molar-refractivity contribution in [2.24, 2.45) is 0 Å². The van der Waals surface area contributed by atoms with Crippen molar-refractivity contribution in [1.82, 2.24) is 0 Å². The molecule has 1 atom stereocenters. The molecular formula is C14H19FO4S. The van der Waals surface area contributed by atoms with Crippen molar-refractivity contribution in [3.8, 4) is 0 Å². The minimum atomic E-state index is -3.37. The van der Waals surface area contributed by atoms with E-state index < -0.39 is 26.9 Å². The number of halogens is 1. The molecule has 4 nitrogen and oxygen atoms in total. The molecule has 1 aromatic carbocycles. The van der Waals surface area contributed by atoms with E-state index in [-0.39, 0.29) is 18.6 Å². The smallest absolute Gasteiger partial charge is 0.305 e. The summed E-state index contributed by atoms with van der Waals surface area (Å²) in [5, 5.41) is -0.666. The molecule has 0 amide bonds. The SMILES string of the molecule is CCC(c1ccc(F)cc1)S(=O)(=O)CCCC(=O)OC. The number of benzene rings is 1. The van der Waals surface area contributed by atoms with Gasteiger partial charge in [-0.3, -0.25) is 4.79 Å². The van der Waals surface area contributed by atoms with Crippen molar-refractivity contribution in [2.45, 2.75) is 31.4 Å². The van der Waals surface area contributed by atoms with Crippen LogP contribution in [0.5, 0.6) is 0 Å². The molecule has 0 N–H and O–H groups in total. The summed E-state index contributed by atoms with van der Waals surface area (Å²) in [5.74, 6) is -0.903. The Balaban J connectivity index is 2.77. The van der Waals surface area contributed by atoms with Crippen molar-refractivity contribution in [2.75, 3.05) is 12.9 Å². The van der Waals surface area contributed by atoms with Gasteiger partial charge in [0.1, 0.15) is 5.82 Å². The standard InChI is InChI=1S/C14H19FO4S/c1-3-13(11-6-8-12(15)9-7-11)20(17,18)10-4-5-14(16)19-2/h6-9,13H,3-5,10H2,1-2H3. The van der Waals surface area contributed by atoms with Gasteiger partial charge in [0.05, 0.1) is 18.1 Å². The van der Waals surface area contributed by atoms with Crippen LogP contribution >= 0.6 is 0 Å². The Morgan fingerprint density at radius 3 is 2.40 bits per heavy atom. The summed E-state index contributed by atoms with van der Waals surface area (Å²) in [6.07, 6.45) is 0.717. The fourth-order valence-electron chi connectivity index (χ4n) is 2.04. The Labute approximate surface area is 118 Å². The first-order valence-corrected chi connectivity index (χ1v) is 8.16. The van der Waals surface area contributed by atoms with Crippen molar-refractivity contribution in [3.05, 3.63) is 35.6 Å². The van der Waals surface area contributed by atoms with Crippen LogP contribution in [0.1, 0.15) is 37.0 Å². The summed E-state index contributed by atoms with van der Waals surface area (Å²) in [5.41, 5.74) is 0.576. The zero-order chi connectivity index (χ0) is 15.2. The number of sulfone groups is 1. The molecule has 0 aromatic heterocycles. The molecule has 0 spiro atoms. The third-order valence-electron chi connectivity index (χ3n) is 3.08. The van der Waals surface area contributed by atoms with E-state index in [4.69, 9.17) is 0 Å². The van der Waals surface area contributed by atoms with Crippen LogP contribution in [0.25, 0.3) is 0 Å². The molecule has 0 aliphatic carbocycles. The topological polar surface area (TPSA) is 60.4 Å². The zero-order valence-electron chi connectivity index (χ0n) is 11.6. The number of rotatable bonds is 7. The molecule has 0 radical (unpaired) electrons. The van der Waals surface area contributed by atoms with Gasteiger partial charge in [0, 0.05) is 6.42 Å². The molecule has 0 bridgehead atoms. The van der Waals surface area contributed by atoms with E-state index in [2.05, 4.69) is 4.74 Å². The number of ether oxygens (including phenoxy) is 1. The van der Waals surface area contributed by atoms with Crippen LogP contribution in [0.2, 0.25) is 0 Å². The van der Waals surface area contributed by atoms with Crippen LogP contribution in [0.15, 0.2) is 24.3 Å². The Hall–Kier alpha value is -1.43. The van der Waals surface area contributed by atoms with Gasteiger partial charge in [-0.05, 0) is 30.5 Å². The van der Waals surface area contributed by atoms with Gasteiger partial charge < -0.3 is 4.74 Å². The second-order valence-electron chi connectivity index (χ2n) is 4.50. The van der Waals surface area contributed by atoms with Crippen LogP contribution < -0.4 is 0 Å². The first-order valence-electron chi connectivity index (χ1n) is 6.44. The van der Waals surface area contributed by atoms with E-state index in [0.717, 1.165) is 0 Å². The van der Waals surface area contributed by atoms with Gasteiger partial charge in [0.2, 0.25) is 0 Å². The van der Waals surface area contributed by atoms with Crippen molar-refractivity contribution in [3.63, 3.8) is 0 Å². The highest BCUT2D eigenvalue weighted by atomic mass is 32.2. The number of carbonyl (C=O) groups is 1. The number of hydrogen-bond acceptors (Lipinski definition) is 4. The third-order valence-corrected chi connectivity index (χ3v) is 5.41. The first-order chi connectivity index (χ1) is 9.40. The zero-order valence-corrected chi connectivity index (χ0v) is 12.5. The van der Waals surface area contributed by atoms with Crippen molar-refractivity contribution < 1.29 is 22.3 Å². The predicted octanol–water partition coefficient (Wildman–Crippen LogP) is 2.64. The molecule has 6 heteroatoms. The highest BCUT2D eigenvalue weighted by molar-refractivity contribution is 7.91. The van der Waals surface area contributed by atoms with Crippen molar-refractivity contribution >= 4 is 15.8 Å². The lowest BCUT2D eigenvalue weighted by atomic mass is 10.1. The van der Waals surface area contributed by atoms with E-state index in [1.54, 1.807) is 6.92 Å². The highest BCUT2D eigenvalue weighted by Gasteiger charge is 2.25. The second kappa shape index (κ2) is 7.38. The van der Waals surface area contributed by atoms with Crippen LogP contribution in [0, 0.1) is 5.82 Å². The fourth-order valence-corrected chi connectivity index (χ4v) is 3.95. The Kier molecular flexibility index (Phi) is 6.13. The quantitative estimate of drug-likeness (QED) is 0.726. The van der Waals surface area contributed by atoms with Gasteiger partial charge in [-0.15, -0.1) is 0 Å². The lowest BCUT2D eigenvalue weighted by Crippen LogP contribution is -2.17. The van der Waals surface area contributed by atoms with Crippen LogP contribution in [-0.2, 0) is 19.4 Å². The number of hydrogen-bond donors (Lipinski definition) is 0. The van der Waals surface area contributed by atoms with E-state index >= 15 is 0 Å². The van der Waals surface area contributed by atoms with Crippen LogP contribution in [0.3, 0.4) is 0 Å². The van der Waals surface area contributed by atoms with E-state index in [9.17, 15) is 17.6 Å². The van der Waals surface area contributed by atoms with Crippen LogP contribution in [0.4, 0.5) is 4.39 Å². The minimum absolute atomic E-state index is 0.0790. The molecular weight excluding hydrogens is 283 g/mol. The lowest BCUT2D eigenvalue weighted by Gasteiger charge is -2.16. The average molecular weight is 302 g/mol. The number of methoxy groups -OCH3 is 1. The van der Waals surface area contributed by atoms with E-state index in [1.807, 2.05) is 0 Å². The van der Waals surface area contributed by atoms with Gasteiger partial charge >= 0.3 is 5.97 Å². The largest absolute Gasteiger partial charge is 0.469 e. The molecule has 1 rings (SSSR count). The fraction of sp³-hybridized carbons (Fsp3) is 0.500. The number of esters is 1. The van der Waals surface area contributed by atoms with Crippen LogP contribution in [-0.4, -0.2) is 27.2 Å². The summed E-state index contributed by atoms with van der Waals surface area (Å²) >= 11 is 0. The van der Waals surface area contributed by atoms with E-state index in [1.165, 1.54) is 31.4 Å². The van der Waals surface area contributed by atoms with E-state index in [0.29, 0.717) is 12.0 Å². The monoisotopic (exact) mass is 302 g/mol. The highest BCUT2D eigenvalue weighted by Crippen LogP contribution is 2.27. The maximum absolute atomic E-state index is 12.9. The summed E-state index contributed by atoms with van der Waals surface area (Å²) in [7, 11) is -2.10. The van der Waals surface area contributed by atoms with Gasteiger partial charge in [-0.25, -0.2) is 12.8 Å². The molecule has 112 valence electrons. The molecule has 0 aliphatic heterocycles. The molecule has 0 saturated carbocycles. The normalized spacial score (nSPS) is 12.9. The maximum Gasteiger partial charge on any atom is 0.305 e. The third kappa shape index (κ3) is 4.59. The molecule has 1 unspecified atom stereocenters. The molecule has 20 heavy (non-hydrogen) atoms. The molecule has 1 aromatic rings. The Morgan fingerprint density at radius 1 is 1.30 bits per heavy atom. The summed E-state index contributed by atoms with van der Waals surface area (Å²) in [6.45, 7) is 1.77. The molecule has 0 saturated heterocycles. The maximum atomic E-state index is 12.9. The minimum Gasteiger partial charge on any atom is -0.469 e. The summed E-state index contributed by atoms with van der Waals surface area (Å²) in [4.78, 5) is 11.0. The van der Waals surface area contributed by atoms with Gasteiger partial charge in [-0.2, -0.15) is 0 Å². The molecule has 0 aliphatic rings. The Bertz CT molecular complexity index is 537. The molecule has 0 fully saturated rings. The van der Waals surface area contributed by atoms with Gasteiger partial charge in [0.25, 0.3) is 0 Å². The second-order valence-corrected chi connectivity index (χ2v) is 6.80. The summed E-state index contributed by atoms with van der Waals surface area (Å²) < 4.78 is 41.9.